The average Bonchev–Trinajstić information content (AvgIpc) is 2.55. The first kappa shape index (κ1) is 16.5. The van der Waals surface area contributed by atoms with Gasteiger partial charge in [-0.2, -0.15) is 0 Å². The predicted octanol–water partition coefficient (Wildman–Crippen LogP) is 2.63. The second kappa shape index (κ2) is 6.62. The lowest BCUT2D eigenvalue weighted by Gasteiger charge is -2.45. The highest BCUT2D eigenvalue weighted by Gasteiger charge is 2.46. The Kier molecular flexibility index (Phi) is 4.74. The Morgan fingerprint density at radius 2 is 1.78 bits per heavy atom. The molecule has 0 aliphatic carbocycles. The van der Waals surface area contributed by atoms with Gasteiger partial charge in [-0.25, -0.2) is 0 Å². The van der Waals surface area contributed by atoms with Crippen LogP contribution in [-0.2, 0) is 16.1 Å². The number of rotatable bonds is 3. The first-order valence-electron chi connectivity index (χ1n) is 8.71. The topological polar surface area (TPSA) is 32.8 Å². The number of nitrogens with zero attached hydrogens (tertiary/aromatic N) is 2. The van der Waals surface area contributed by atoms with Gasteiger partial charge in [-0.15, -0.1) is 0 Å². The molecule has 1 spiro atoms. The molecule has 1 amide bonds. The lowest BCUT2D eigenvalue weighted by atomic mass is 9.88. The van der Waals surface area contributed by atoms with E-state index in [1.165, 1.54) is 11.1 Å². The normalized spacial score (nSPS) is 22.1. The van der Waals surface area contributed by atoms with E-state index >= 15 is 0 Å². The van der Waals surface area contributed by atoms with Crippen molar-refractivity contribution in [2.75, 3.05) is 33.3 Å². The van der Waals surface area contributed by atoms with Gasteiger partial charge in [0.15, 0.2) is 0 Å². The van der Waals surface area contributed by atoms with Crippen LogP contribution in [0.4, 0.5) is 0 Å². The number of hydrogen-bond donors (Lipinski definition) is 0. The molecule has 4 nitrogen and oxygen atoms in total. The highest BCUT2D eigenvalue weighted by molar-refractivity contribution is 5.85. The van der Waals surface area contributed by atoms with Crippen LogP contribution in [0.25, 0.3) is 0 Å². The average molecular weight is 316 g/mol. The number of morpholine rings is 1. The third-order valence-electron chi connectivity index (χ3n) is 5.26. The third kappa shape index (κ3) is 3.43. The molecule has 0 unspecified atom stereocenters. The van der Waals surface area contributed by atoms with Crippen LogP contribution >= 0.6 is 0 Å². The highest BCUT2D eigenvalue weighted by atomic mass is 16.5. The Morgan fingerprint density at radius 3 is 2.39 bits per heavy atom. The fourth-order valence-electron chi connectivity index (χ4n) is 3.59. The number of likely N-dealkylation sites (tertiary alicyclic amines) is 1. The van der Waals surface area contributed by atoms with Gasteiger partial charge in [0.2, 0.25) is 0 Å². The van der Waals surface area contributed by atoms with Gasteiger partial charge in [0.05, 0.1) is 6.61 Å². The molecule has 0 saturated carbocycles. The lowest BCUT2D eigenvalue weighted by Crippen LogP contribution is -2.59. The SMILES string of the molecule is CC(C)c1ccc(CN2CCC3(CC2)OCCN(C)C3=O)cc1. The molecule has 126 valence electrons. The molecular formula is C19H28N2O2. The third-order valence-corrected chi connectivity index (χ3v) is 5.26. The quantitative estimate of drug-likeness (QED) is 0.859. The summed E-state index contributed by atoms with van der Waals surface area (Å²) in [5.74, 6) is 0.745. The fourth-order valence-corrected chi connectivity index (χ4v) is 3.59. The Bertz CT molecular complexity index is 545. The van der Waals surface area contributed by atoms with E-state index in [0.29, 0.717) is 19.1 Å². The van der Waals surface area contributed by atoms with Crippen molar-refractivity contribution in [2.45, 2.75) is 44.8 Å². The summed E-state index contributed by atoms with van der Waals surface area (Å²) in [4.78, 5) is 16.7. The first-order valence-corrected chi connectivity index (χ1v) is 8.71. The number of benzene rings is 1. The Hall–Kier alpha value is -1.39. The van der Waals surface area contributed by atoms with Crippen molar-refractivity contribution in [2.24, 2.45) is 0 Å². The number of likely N-dealkylation sites (N-methyl/N-ethyl adjacent to an activating group) is 1. The molecule has 3 rings (SSSR count). The monoisotopic (exact) mass is 316 g/mol. The Labute approximate surface area is 139 Å². The summed E-state index contributed by atoms with van der Waals surface area (Å²) < 4.78 is 5.91. The minimum Gasteiger partial charge on any atom is -0.363 e. The summed E-state index contributed by atoms with van der Waals surface area (Å²) >= 11 is 0. The van der Waals surface area contributed by atoms with Crippen molar-refractivity contribution in [3.8, 4) is 0 Å². The van der Waals surface area contributed by atoms with E-state index in [9.17, 15) is 4.79 Å². The number of carbonyl (C=O) groups is 1. The Morgan fingerprint density at radius 1 is 1.13 bits per heavy atom. The van der Waals surface area contributed by atoms with Gasteiger partial charge in [0.1, 0.15) is 5.60 Å². The summed E-state index contributed by atoms with van der Waals surface area (Å²) in [6, 6.07) is 8.92. The molecule has 2 aliphatic heterocycles. The van der Waals surface area contributed by atoms with Gasteiger partial charge in [-0.05, 0) is 29.9 Å². The molecule has 0 bridgehead atoms. The minimum atomic E-state index is -0.551. The second-order valence-corrected chi connectivity index (χ2v) is 7.24. The van der Waals surface area contributed by atoms with Gasteiger partial charge in [0.25, 0.3) is 5.91 Å². The standard InChI is InChI=1S/C19H28N2O2/c1-15(2)17-6-4-16(5-7-17)14-21-10-8-19(9-11-21)18(22)20(3)12-13-23-19/h4-7,15H,8-14H2,1-3H3. The van der Waals surface area contributed by atoms with Crippen molar-refractivity contribution in [3.05, 3.63) is 35.4 Å². The van der Waals surface area contributed by atoms with E-state index in [2.05, 4.69) is 43.0 Å². The molecule has 2 fully saturated rings. The molecule has 0 radical (unpaired) electrons. The minimum absolute atomic E-state index is 0.171. The van der Waals surface area contributed by atoms with Gasteiger partial charge in [-0.3, -0.25) is 9.69 Å². The summed E-state index contributed by atoms with van der Waals surface area (Å²) in [6.07, 6.45) is 1.61. The maximum absolute atomic E-state index is 12.5. The van der Waals surface area contributed by atoms with Crippen LogP contribution < -0.4 is 0 Å². The van der Waals surface area contributed by atoms with Crippen LogP contribution in [0.3, 0.4) is 0 Å². The van der Waals surface area contributed by atoms with E-state index in [-0.39, 0.29) is 5.91 Å². The van der Waals surface area contributed by atoms with Crippen molar-refractivity contribution in [1.29, 1.82) is 0 Å². The van der Waals surface area contributed by atoms with E-state index in [1.54, 1.807) is 0 Å². The van der Waals surface area contributed by atoms with Gasteiger partial charge >= 0.3 is 0 Å². The maximum atomic E-state index is 12.5. The highest BCUT2D eigenvalue weighted by Crippen LogP contribution is 2.31. The maximum Gasteiger partial charge on any atom is 0.254 e. The summed E-state index contributed by atoms with van der Waals surface area (Å²) in [5, 5.41) is 0. The molecule has 2 saturated heterocycles. The molecule has 0 aromatic heterocycles. The van der Waals surface area contributed by atoms with Crippen LogP contribution in [0, 0.1) is 0 Å². The lowest BCUT2D eigenvalue weighted by molar-refractivity contribution is -0.177. The fraction of sp³-hybridized carbons (Fsp3) is 0.632. The van der Waals surface area contributed by atoms with Gasteiger partial charge < -0.3 is 9.64 Å². The van der Waals surface area contributed by atoms with E-state index in [1.807, 2.05) is 11.9 Å². The predicted molar refractivity (Wildman–Crippen MR) is 91.4 cm³/mol. The molecule has 23 heavy (non-hydrogen) atoms. The van der Waals surface area contributed by atoms with Crippen molar-refractivity contribution < 1.29 is 9.53 Å². The van der Waals surface area contributed by atoms with Crippen molar-refractivity contribution in [3.63, 3.8) is 0 Å². The molecular weight excluding hydrogens is 288 g/mol. The summed E-state index contributed by atoms with van der Waals surface area (Å²) in [6.45, 7) is 8.62. The Balaban J connectivity index is 1.58. The zero-order valence-electron chi connectivity index (χ0n) is 14.5. The molecule has 0 N–H and O–H groups in total. The molecule has 1 aromatic carbocycles. The number of amides is 1. The van der Waals surface area contributed by atoms with Gasteiger partial charge in [0, 0.05) is 33.2 Å². The summed E-state index contributed by atoms with van der Waals surface area (Å²) in [7, 11) is 1.88. The van der Waals surface area contributed by atoms with Crippen LogP contribution in [0.15, 0.2) is 24.3 Å². The largest absolute Gasteiger partial charge is 0.363 e. The number of hydrogen-bond acceptors (Lipinski definition) is 3. The number of carbonyl (C=O) groups excluding carboxylic acids is 1. The number of ether oxygens (including phenoxy) is 1. The molecule has 2 heterocycles. The first-order chi connectivity index (χ1) is 11.0. The smallest absolute Gasteiger partial charge is 0.254 e. The summed E-state index contributed by atoms with van der Waals surface area (Å²) in [5.41, 5.74) is 2.18. The van der Waals surface area contributed by atoms with Crippen molar-refractivity contribution >= 4 is 5.91 Å². The second-order valence-electron chi connectivity index (χ2n) is 7.24. The van der Waals surface area contributed by atoms with E-state index in [0.717, 1.165) is 32.5 Å². The number of piperidine rings is 1. The van der Waals surface area contributed by atoms with Crippen LogP contribution in [-0.4, -0.2) is 54.6 Å². The van der Waals surface area contributed by atoms with Gasteiger partial charge in [-0.1, -0.05) is 38.1 Å². The molecule has 1 aromatic rings. The van der Waals surface area contributed by atoms with Crippen LogP contribution in [0.2, 0.25) is 0 Å². The van der Waals surface area contributed by atoms with Crippen LogP contribution in [0.1, 0.15) is 43.7 Å². The molecule has 2 aliphatic rings. The zero-order chi connectivity index (χ0) is 16.4. The van der Waals surface area contributed by atoms with Crippen LogP contribution in [0.5, 0.6) is 0 Å². The molecule has 4 heteroatoms. The zero-order valence-corrected chi connectivity index (χ0v) is 14.5. The van der Waals surface area contributed by atoms with E-state index in [4.69, 9.17) is 4.74 Å². The van der Waals surface area contributed by atoms with E-state index < -0.39 is 5.60 Å². The van der Waals surface area contributed by atoms with Crippen molar-refractivity contribution in [1.82, 2.24) is 9.80 Å². The molecule has 0 atom stereocenters.